The van der Waals surface area contributed by atoms with Crippen LogP contribution in [0.25, 0.3) is 0 Å². The Morgan fingerprint density at radius 2 is 1.81 bits per heavy atom. The van der Waals surface area contributed by atoms with Gasteiger partial charge in [0.25, 0.3) is 0 Å². The first-order valence-corrected chi connectivity index (χ1v) is 8.64. The van der Waals surface area contributed by atoms with Crippen LogP contribution in [0.5, 0.6) is 5.75 Å². The van der Waals surface area contributed by atoms with Crippen LogP contribution >= 0.6 is 31.9 Å². The summed E-state index contributed by atoms with van der Waals surface area (Å²) in [5.74, 6) is 0.898. The highest BCUT2D eigenvalue weighted by Crippen LogP contribution is 2.23. The molecule has 0 saturated carbocycles. The highest BCUT2D eigenvalue weighted by molar-refractivity contribution is 9.10. The molecular weight excluding hydrogens is 394 g/mol. The zero-order valence-electron chi connectivity index (χ0n) is 12.0. The van der Waals surface area contributed by atoms with Gasteiger partial charge >= 0.3 is 0 Å². The van der Waals surface area contributed by atoms with Gasteiger partial charge in [-0.2, -0.15) is 0 Å². The Hall–Kier alpha value is -0.840. The Kier molecular flexibility index (Phi) is 6.74. The van der Waals surface area contributed by atoms with Crippen LogP contribution in [0, 0.1) is 0 Å². The monoisotopic (exact) mass is 411 g/mol. The van der Waals surface area contributed by atoms with Gasteiger partial charge in [-0.15, -0.1) is 0 Å². The van der Waals surface area contributed by atoms with Gasteiger partial charge in [-0.3, -0.25) is 0 Å². The van der Waals surface area contributed by atoms with Gasteiger partial charge in [0.15, 0.2) is 0 Å². The number of halogens is 2. The summed E-state index contributed by atoms with van der Waals surface area (Å²) < 4.78 is 8.07. The summed E-state index contributed by atoms with van der Waals surface area (Å²) in [7, 11) is 0. The number of benzene rings is 2. The third-order valence-electron chi connectivity index (χ3n) is 3.08. The molecule has 112 valence electrons. The summed E-state index contributed by atoms with van der Waals surface area (Å²) >= 11 is 7.02. The molecule has 0 amide bonds. The lowest BCUT2D eigenvalue weighted by molar-refractivity contribution is 0.306. The zero-order chi connectivity index (χ0) is 15.1. The Bertz CT molecular complexity index is 570. The molecule has 0 aliphatic carbocycles. The van der Waals surface area contributed by atoms with Gasteiger partial charge in [0, 0.05) is 15.5 Å². The molecule has 21 heavy (non-hydrogen) atoms. The number of rotatable bonds is 7. The minimum absolute atomic E-state index is 0.580. The van der Waals surface area contributed by atoms with Crippen molar-refractivity contribution in [3.05, 3.63) is 62.5 Å². The van der Waals surface area contributed by atoms with E-state index in [2.05, 4.69) is 62.3 Å². The normalized spacial score (nSPS) is 10.6. The van der Waals surface area contributed by atoms with Crippen LogP contribution in [-0.4, -0.2) is 6.54 Å². The van der Waals surface area contributed by atoms with Crippen molar-refractivity contribution in [2.75, 3.05) is 6.54 Å². The summed E-state index contributed by atoms with van der Waals surface area (Å²) in [6.07, 6.45) is 1.14. The second-order valence-corrected chi connectivity index (χ2v) is 6.62. The maximum atomic E-state index is 5.87. The molecule has 4 heteroatoms. The first-order chi connectivity index (χ1) is 10.2. The van der Waals surface area contributed by atoms with Crippen molar-refractivity contribution < 1.29 is 4.74 Å². The molecule has 2 aromatic rings. The van der Waals surface area contributed by atoms with E-state index in [0.717, 1.165) is 39.8 Å². The van der Waals surface area contributed by atoms with Gasteiger partial charge < -0.3 is 10.1 Å². The van der Waals surface area contributed by atoms with E-state index in [1.54, 1.807) is 0 Å². The maximum absolute atomic E-state index is 5.87. The molecule has 1 N–H and O–H groups in total. The van der Waals surface area contributed by atoms with Crippen molar-refractivity contribution in [1.29, 1.82) is 0 Å². The second kappa shape index (κ2) is 8.57. The molecular formula is C17H19Br2NO. The fraction of sp³-hybridized carbons (Fsp3) is 0.294. The van der Waals surface area contributed by atoms with Gasteiger partial charge in [-0.05, 0) is 54.4 Å². The maximum Gasteiger partial charge on any atom is 0.120 e. The Labute approximate surface area is 143 Å². The van der Waals surface area contributed by atoms with Gasteiger partial charge in [0.1, 0.15) is 12.4 Å². The van der Waals surface area contributed by atoms with E-state index in [0.29, 0.717) is 6.61 Å². The van der Waals surface area contributed by atoms with Crippen molar-refractivity contribution in [3.8, 4) is 5.75 Å². The molecule has 0 aliphatic heterocycles. The fourth-order valence-electron chi connectivity index (χ4n) is 1.92. The predicted octanol–water partition coefficient (Wildman–Crippen LogP) is 5.29. The second-order valence-electron chi connectivity index (χ2n) is 4.85. The highest BCUT2D eigenvalue weighted by atomic mass is 79.9. The molecule has 0 fully saturated rings. The third-order valence-corrected chi connectivity index (χ3v) is 4.38. The summed E-state index contributed by atoms with van der Waals surface area (Å²) in [4.78, 5) is 0. The average Bonchev–Trinajstić information content (AvgIpc) is 2.49. The average molecular weight is 413 g/mol. The molecule has 0 heterocycles. The van der Waals surface area contributed by atoms with Crippen molar-refractivity contribution >= 4 is 31.9 Å². The molecule has 0 aliphatic rings. The molecule has 0 spiro atoms. The lowest BCUT2D eigenvalue weighted by atomic mass is 10.2. The van der Waals surface area contributed by atoms with Crippen LogP contribution in [0.15, 0.2) is 51.4 Å². The Morgan fingerprint density at radius 1 is 1.05 bits per heavy atom. The highest BCUT2D eigenvalue weighted by Gasteiger charge is 2.03. The van der Waals surface area contributed by atoms with E-state index in [4.69, 9.17) is 4.74 Å². The smallest absolute Gasteiger partial charge is 0.120 e. The molecule has 0 aromatic heterocycles. The minimum Gasteiger partial charge on any atom is -0.489 e. The minimum atomic E-state index is 0.580. The molecule has 0 unspecified atom stereocenters. The lowest BCUT2D eigenvalue weighted by Crippen LogP contribution is -2.14. The van der Waals surface area contributed by atoms with Crippen molar-refractivity contribution in [2.45, 2.75) is 26.5 Å². The van der Waals surface area contributed by atoms with Gasteiger partial charge in [0.2, 0.25) is 0 Å². The first-order valence-electron chi connectivity index (χ1n) is 7.05. The van der Waals surface area contributed by atoms with E-state index in [-0.39, 0.29) is 0 Å². The Balaban J connectivity index is 1.96. The molecule has 0 atom stereocenters. The van der Waals surface area contributed by atoms with Crippen LogP contribution in [0.4, 0.5) is 0 Å². The first kappa shape index (κ1) is 16.5. The molecule has 0 saturated heterocycles. The topological polar surface area (TPSA) is 21.3 Å². The quantitative estimate of drug-likeness (QED) is 0.623. The van der Waals surface area contributed by atoms with Crippen LogP contribution in [0.2, 0.25) is 0 Å². The van der Waals surface area contributed by atoms with Crippen molar-refractivity contribution in [3.63, 3.8) is 0 Å². The van der Waals surface area contributed by atoms with Crippen LogP contribution < -0.4 is 10.1 Å². The SMILES string of the molecule is CCCNCc1cc(OCc2ccc(Br)cc2)ccc1Br. The van der Waals surface area contributed by atoms with E-state index >= 15 is 0 Å². The standard InChI is InChI=1S/C17H19Br2NO/c1-2-9-20-11-14-10-16(7-8-17(14)19)21-12-13-3-5-15(18)6-4-13/h3-8,10,20H,2,9,11-12H2,1H3. The van der Waals surface area contributed by atoms with E-state index in [1.165, 1.54) is 5.56 Å². The number of ether oxygens (including phenoxy) is 1. The molecule has 0 radical (unpaired) electrons. The predicted molar refractivity (Wildman–Crippen MR) is 94.6 cm³/mol. The largest absolute Gasteiger partial charge is 0.489 e. The number of hydrogen-bond acceptors (Lipinski definition) is 2. The van der Waals surface area contributed by atoms with Gasteiger partial charge in [-0.25, -0.2) is 0 Å². The van der Waals surface area contributed by atoms with Gasteiger partial charge in [-0.1, -0.05) is 50.9 Å². The zero-order valence-corrected chi connectivity index (χ0v) is 15.2. The third kappa shape index (κ3) is 5.46. The molecule has 0 bridgehead atoms. The van der Waals surface area contributed by atoms with Crippen LogP contribution in [0.1, 0.15) is 24.5 Å². The van der Waals surface area contributed by atoms with Gasteiger partial charge in [0.05, 0.1) is 0 Å². The summed E-state index contributed by atoms with van der Waals surface area (Å²) in [6, 6.07) is 14.3. The van der Waals surface area contributed by atoms with Crippen LogP contribution in [0.3, 0.4) is 0 Å². The fourth-order valence-corrected chi connectivity index (χ4v) is 2.57. The van der Waals surface area contributed by atoms with E-state index < -0.39 is 0 Å². The summed E-state index contributed by atoms with van der Waals surface area (Å²) in [6.45, 7) is 4.62. The number of nitrogens with one attached hydrogen (secondary N) is 1. The van der Waals surface area contributed by atoms with Crippen molar-refractivity contribution in [1.82, 2.24) is 5.32 Å². The molecule has 2 aromatic carbocycles. The Morgan fingerprint density at radius 3 is 2.52 bits per heavy atom. The van der Waals surface area contributed by atoms with E-state index in [1.807, 2.05) is 24.3 Å². The molecule has 2 nitrogen and oxygen atoms in total. The van der Waals surface area contributed by atoms with Crippen molar-refractivity contribution in [2.24, 2.45) is 0 Å². The molecule has 2 rings (SSSR count). The summed E-state index contributed by atoms with van der Waals surface area (Å²) in [5, 5.41) is 3.41. The number of hydrogen-bond donors (Lipinski definition) is 1. The van der Waals surface area contributed by atoms with Crippen LogP contribution in [-0.2, 0) is 13.2 Å². The lowest BCUT2D eigenvalue weighted by Gasteiger charge is -2.11. The summed E-state index contributed by atoms with van der Waals surface area (Å²) in [5.41, 5.74) is 2.38. The van der Waals surface area contributed by atoms with E-state index in [9.17, 15) is 0 Å².